The van der Waals surface area contributed by atoms with E-state index in [2.05, 4.69) is 15.0 Å². The van der Waals surface area contributed by atoms with E-state index in [1.165, 1.54) is 6.92 Å². The molecule has 10 heteroatoms. The molecule has 0 aliphatic carbocycles. The van der Waals surface area contributed by atoms with Crippen LogP contribution in [0.1, 0.15) is 11.3 Å². The van der Waals surface area contributed by atoms with Gasteiger partial charge in [-0.25, -0.2) is 9.97 Å². The first-order valence-electron chi connectivity index (χ1n) is 5.52. The molecule has 0 saturated carbocycles. The van der Waals surface area contributed by atoms with Crippen molar-refractivity contribution in [3.8, 4) is 11.3 Å². The fraction of sp³-hybridized carbons (Fsp3) is 0.182. The van der Waals surface area contributed by atoms with E-state index in [9.17, 15) is 23.3 Å². The third-order valence-corrected chi connectivity index (χ3v) is 2.64. The Kier molecular flexibility index (Phi) is 3.45. The molecule has 2 N–H and O–H groups in total. The predicted octanol–water partition coefficient (Wildman–Crippen LogP) is 2.36. The molecule has 110 valence electrons. The second-order valence-electron chi connectivity index (χ2n) is 4.04. The summed E-state index contributed by atoms with van der Waals surface area (Å²) in [5, 5.41) is 11.1. The van der Waals surface area contributed by atoms with E-state index < -0.39 is 33.6 Å². The Hall–Kier alpha value is -2.78. The molecule has 0 fully saturated rings. The standard InChI is InChI=1S/C11H8F3N5O2/c1-5-9(19(20)21)8(18-10(15)17-5)6-4-16-3-2-7(6)11(12,13)14/h2-4H,1H3,(H2,15,17,18). The largest absolute Gasteiger partial charge is 0.417 e. The van der Waals surface area contributed by atoms with Crippen LogP contribution in [0.4, 0.5) is 24.8 Å². The SMILES string of the molecule is Cc1nc(N)nc(-c2cnccc2C(F)(F)F)c1[N+](=O)[O-]. The van der Waals surface area contributed by atoms with E-state index >= 15 is 0 Å². The Morgan fingerprint density at radius 2 is 2.00 bits per heavy atom. The lowest BCUT2D eigenvalue weighted by molar-refractivity contribution is -0.385. The second-order valence-corrected chi connectivity index (χ2v) is 4.04. The molecule has 21 heavy (non-hydrogen) atoms. The molecule has 2 heterocycles. The first-order valence-corrected chi connectivity index (χ1v) is 5.52. The number of rotatable bonds is 2. The van der Waals surface area contributed by atoms with Crippen LogP contribution in [0, 0.1) is 17.0 Å². The number of halogens is 3. The molecule has 0 aliphatic heterocycles. The Bertz CT molecular complexity index is 717. The van der Waals surface area contributed by atoms with Gasteiger partial charge in [-0.1, -0.05) is 0 Å². The van der Waals surface area contributed by atoms with Crippen LogP contribution in [0.15, 0.2) is 18.5 Å². The number of nitrogen functional groups attached to an aromatic ring is 1. The maximum atomic E-state index is 13.0. The highest BCUT2D eigenvalue weighted by Crippen LogP contribution is 2.39. The molecule has 0 atom stereocenters. The highest BCUT2D eigenvalue weighted by molar-refractivity contribution is 5.74. The summed E-state index contributed by atoms with van der Waals surface area (Å²) in [5.41, 5.74) is 2.50. The van der Waals surface area contributed by atoms with Gasteiger partial charge in [-0.2, -0.15) is 13.2 Å². The van der Waals surface area contributed by atoms with Crippen molar-refractivity contribution in [2.45, 2.75) is 13.1 Å². The van der Waals surface area contributed by atoms with E-state index in [1.807, 2.05) is 0 Å². The summed E-state index contributed by atoms with van der Waals surface area (Å²) >= 11 is 0. The smallest absolute Gasteiger partial charge is 0.368 e. The average molecular weight is 299 g/mol. The number of aromatic nitrogens is 3. The number of hydrogen-bond acceptors (Lipinski definition) is 6. The van der Waals surface area contributed by atoms with Crippen LogP contribution in [-0.4, -0.2) is 19.9 Å². The molecule has 2 rings (SSSR count). The van der Waals surface area contributed by atoms with Crippen LogP contribution in [0.2, 0.25) is 0 Å². The molecule has 0 radical (unpaired) electrons. The number of pyridine rings is 1. The van der Waals surface area contributed by atoms with Gasteiger partial charge in [0, 0.05) is 18.0 Å². The number of anilines is 1. The van der Waals surface area contributed by atoms with Crippen molar-refractivity contribution < 1.29 is 18.1 Å². The van der Waals surface area contributed by atoms with Crippen LogP contribution < -0.4 is 5.73 Å². The molecular weight excluding hydrogens is 291 g/mol. The van der Waals surface area contributed by atoms with Gasteiger partial charge in [-0.05, 0) is 13.0 Å². The summed E-state index contributed by atoms with van der Waals surface area (Å²) in [4.78, 5) is 21.0. The monoisotopic (exact) mass is 299 g/mol. The van der Waals surface area contributed by atoms with Gasteiger partial charge in [0.25, 0.3) is 0 Å². The first-order chi connectivity index (χ1) is 9.71. The number of nitrogens with two attached hydrogens (primary N) is 1. The van der Waals surface area contributed by atoms with Gasteiger partial charge in [0.2, 0.25) is 5.95 Å². The van der Waals surface area contributed by atoms with Gasteiger partial charge >= 0.3 is 11.9 Å². The predicted molar refractivity (Wildman–Crippen MR) is 66.1 cm³/mol. The van der Waals surface area contributed by atoms with Gasteiger partial charge in [0.05, 0.1) is 10.5 Å². The van der Waals surface area contributed by atoms with E-state index in [0.717, 1.165) is 12.4 Å². The van der Waals surface area contributed by atoms with Crippen molar-refractivity contribution in [3.63, 3.8) is 0 Å². The van der Waals surface area contributed by atoms with Crippen molar-refractivity contribution in [3.05, 3.63) is 39.8 Å². The maximum absolute atomic E-state index is 13.0. The summed E-state index contributed by atoms with van der Waals surface area (Å²) in [6.45, 7) is 1.27. The highest BCUT2D eigenvalue weighted by atomic mass is 19.4. The number of nitrogens with zero attached hydrogens (tertiary/aromatic N) is 4. The number of alkyl halides is 3. The van der Waals surface area contributed by atoms with Crippen LogP contribution >= 0.6 is 0 Å². The summed E-state index contributed by atoms with van der Waals surface area (Å²) in [6.07, 6.45) is -2.91. The Labute approximate surface area is 115 Å². The Morgan fingerprint density at radius 3 is 2.57 bits per heavy atom. The second kappa shape index (κ2) is 4.96. The minimum Gasteiger partial charge on any atom is -0.368 e. The lowest BCUT2D eigenvalue weighted by Crippen LogP contribution is -2.10. The zero-order chi connectivity index (χ0) is 15.8. The minimum absolute atomic E-state index is 0.125. The Balaban J connectivity index is 2.83. The molecule has 0 saturated heterocycles. The van der Waals surface area contributed by atoms with Crippen LogP contribution in [0.5, 0.6) is 0 Å². The lowest BCUT2D eigenvalue weighted by atomic mass is 10.0. The molecule has 0 unspecified atom stereocenters. The summed E-state index contributed by atoms with van der Waals surface area (Å²) in [7, 11) is 0. The normalized spacial score (nSPS) is 11.4. The van der Waals surface area contributed by atoms with Crippen molar-refractivity contribution in [2.24, 2.45) is 0 Å². The molecule has 0 bridgehead atoms. The zero-order valence-corrected chi connectivity index (χ0v) is 10.5. The van der Waals surface area contributed by atoms with Crippen LogP contribution in [0.25, 0.3) is 11.3 Å². The van der Waals surface area contributed by atoms with Gasteiger partial charge in [0.1, 0.15) is 5.69 Å². The molecule has 2 aromatic heterocycles. The van der Waals surface area contributed by atoms with Gasteiger partial charge < -0.3 is 5.73 Å². The number of hydrogen-bond donors (Lipinski definition) is 1. The molecular formula is C11H8F3N5O2. The minimum atomic E-state index is -4.71. The zero-order valence-electron chi connectivity index (χ0n) is 10.5. The molecule has 0 amide bonds. The first kappa shape index (κ1) is 14.6. The van der Waals surface area contributed by atoms with E-state index in [1.54, 1.807) is 0 Å². The van der Waals surface area contributed by atoms with Gasteiger partial charge in [-0.15, -0.1) is 0 Å². The maximum Gasteiger partial charge on any atom is 0.417 e. The van der Waals surface area contributed by atoms with E-state index in [4.69, 9.17) is 5.73 Å². The van der Waals surface area contributed by atoms with Gasteiger partial charge in [-0.3, -0.25) is 15.1 Å². The van der Waals surface area contributed by atoms with Crippen molar-refractivity contribution in [1.82, 2.24) is 15.0 Å². The molecule has 0 spiro atoms. The average Bonchev–Trinajstić information content (AvgIpc) is 2.36. The van der Waals surface area contributed by atoms with E-state index in [-0.39, 0.29) is 11.6 Å². The summed E-state index contributed by atoms with van der Waals surface area (Å²) in [6, 6.07) is 0.715. The van der Waals surface area contributed by atoms with Crippen molar-refractivity contribution in [2.75, 3.05) is 5.73 Å². The van der Waals surface area contributed by atoms with Crippen molar-refractivity contribution in [1.29, 1.82) is 0 Å². The quantitative estimate of drug-likeness (QED) is 0.673. The van der Waals surface area contributed by atoms with Crippen LogP contribution in [-0.2, 0) is 6.18 Å². The van der Waals surface area contributed by atoms with Gasteiger partial charge in [0.15, 0.2) is 5.69 Å². The summed E-state index contributed by atoms with van der Waals surface area (Å²) < 4.78 is 39.0. The number of nitro groups is 1. The Morgan fingerprint density at radius 1 is 1.33 bits per heavy atom. The fourth-order valence-corrected chi connectivity index (χ4v) is 1.83. The molecule has 7 nitrogen and oxygen atoms in total. The number of aryl methyl sites for hydroxylation is 1. The third kappa shape index (κ3) is 2.73. The lowest BCUT2D eigenvalue weighted by Gasteiger charge is -2.12. The summed E-state index contributed by atoms with van der Waals surface area (Å²) in [5.74, 6) is -0.356. The molecule has 2 aromatic rings. The fourth-order valence-electron chi connectivity index (χ4n) is 1.83. The van der Waals surface area contributed by atoms with E-state index in [0.29, 0.717) is 6.07 Å². The topological polar surface area (TPSA) is 108 Å². The third-order valence-electron chi connectivity index (χ3n) is 2.64. The highest BCUT2D eigenvalue weighted by Gasteiger charge is 2.36. The molecule has 0 aromatic carbocycles. The van der Waals surface area contributed by atoms with Crippen molar-refractivity contribution >= 4 is 11.6 Å². The molecule has 0 aliphatic rings. The van der Waals surface area contributed by atoms with Crippen LogP contribution in [0.3, 0.4) is 0 Å².